The number of alkyl halides is 3. The molecule has 2 aromatic rings. The maximum Gasteiger partial charge on any atom is 0.446 e. The molecule has 1 spiro atoms. The Morgan fingerprint density at radius 1 is 1.10 bits per heavy atom. The van der Waals surface area contributed by atoms with Crippen LogP contribution in [0.4, 0.5) is 13.2 Å². The summed E-state index contributed by atoms with van der Waals surface area (Å²) in [6.07, 6.45) is -8.20. The number of hydrogen-bond acceptors (Lipinski definition) is 12. The molecule has 2 heterocycles. The van der Waals surface area contributed by atoms with Crippen molar-refractivity contribution in [1.29, 1.82) is 0 Å². The van der Waals surface area contributed by atoms with Gasteiger partial charge < -0.3 is 39.2 Å². The van der Waals surface area contributed by atoms with Gasteiger partial charge in [0.2, 0.25) is 18.5 Å². The van der Waals surface area contributed by atoms with Crippen LogP contribution < -0.4 is 4.74 Å². The molecule has 6 rings (SSSR count). The monoisotopic (exact) mass is 691 g/mol. The molecule has 0 saturated carbocycles. The molecule has 16 heteroatoms. The fourth-order valence-electron chi connectivity index (χ4n) is 7.21. The molecule has 6 atom stereocenters. The van der Waals surface area contributed by atoms with Crippen molar-refractivity contribution in [3.8, 4) is 11.5 Å². The average molecular weight is 692 g/mol. The highest BCUT2D eigenvalue weighted by atomic mass is 19.4. The number of rotatable bonds is 8. The van der Waals surface area contributed by atoms with Crippen LogP contribution in [0.2, 0.25) is 0 Å². The zero-order valence-corrected chi connectivity index (χ0v) is 26.1. The number of phenols is 1. The summed E-state index contributed by atoms with van der Waals surface area (Å²) in [5.74, 6) is -4.29. The maximum atomic E-state index is 13.8. The van der Waals surface area contributed by atoms with Gasteiger partial charge >= 0.3 is 30.1 Å². The van der Waals surface area contributed by atoms with Crippen LogP contribution in [-0.2, 0) is 50.0 Å². The smallest absolute Gasteiger partial charge is 0.446 e. The highest BCUT2D eigenvalue weighted by molar-refractivity contribution is 5.87. The lowest BCUT2D eigenvalue weighted by molar-refractivity contribution is -0.183. The van der Waals surface area contributed by atoms with Crippen LogP contribution in [0.1, 0.15) is 49.0 Å². The number of likely N-dealkylation sites (N-methyl/N-ethyl adjacent to an activating group) is 1. The minimum absolute atomic E-state index is 0.0843. The number of aliphatic hydroxyl groups is 1. The SMILES string of the molecule is CC(=O)O[C@@H](CC(=O)O)C(=O)O[C@H](C(=O)OC1=CC[C@@]2(O)[C@H]3Cc4ccc(O)c5c4[C@@]2(CCN3C)[C@H]1O5)c1ccccc1.O=CC(F)(F)F. The van der Waals surface area contributed by atoms with E-state index < -0.39 is 72.1 Å². The molecule has 262 valence electrons. The standard InChI is InChI=1S/C31H31NO11.C2HF3O/c1-16(33)40-21(15-23(35)36)28(37)43-25(17-6-4-3-5-7-17)29(38)41-20-10-11-31(39)22-14-18-8-9-19(34)26-24(18)30(31,27(20)42-26)12-13-32(22)2;3-2(4,5)1-6/h3-10,21-22,25,27,34,39H,11-15H2,1-2H3,(H,35,36);1H/t21-,22+,25-,27-,30-,31+;/m0./s1. The van der Waals surface area contributed by atoms with E-state index in [0.717, 1.165) is 18.1 Å². The summed E-state index contributed by atoms with van der Waals surface area (Å²) in [5.41, 5.74) is -0.385. The van der Waals surface area contributed by atoms with E-state index in [2.05, 4.69) is 4.90 Å². The molecule has 2 aliphatic heterocycles. The normalized spacial score (nSPS) is 25.9. The van der Waals surface area contributed by atoms with Gasteiger partial charge in [-0.25, -0.2) is 9.59 Å². The summed E-state index contributed by atoms with van der Waals surface area (Å²) in [4.78, 5) is 60.4. The molecular weight excluding hydrogens is 659 g/mol. The maximum absolute atomic E-state index is 13.8. The van der Waals surface area contributed by atoms with Gasteiger partial charge in [0.1, 0.15) is 5.76 Å². The number of aromatic hydroxyl groups is 1. The zero-order chi connectivity index (χ0) is 35.9. The van der Waals surface area contributed by atoms with Gasteiger partial charge in [-0.3, -0.25) is 14.4 Å². The number of aldehydes is 1. The number of nitrogens with zero attached hydrogens (tertiary/aromatic N) is 1. The second-order valence-corrected chi connectivity index (χ2v) is 12.1. The Labute approximate surface area is 276 Å². The molecule has 0 aromatic heterocycles. The average Bonchev–Trinajstić information content (AvgIpc) is 3.40. The second kappa shape index (κ2) is 13.2. The molecule has 2 bridgehead atoms. The topological polar surface area (TPSA) is 186 Å². The fourth-order valence-corrected chi connectivity index (χ4v) is 7.21. The molecule has 0 unspecified atom stereocenters. The summed E-state index contributed by atoms with van der Waals surface area (Å²) in [5, 5.41) is 32.2. The van der Waals surface area contributed by atoms with Gasteiger partial charge in [0.15, 0.2) is 17.6 Å². The Bertz CT molecular complexity index is 1680. The van der Waals surface area contributed by atoms with E-state index in [1.54, 1.807) is 30.3 Å². The Morgan fingerprint density at radius 2 is 1.78 bits per heavy atom. The Kier molecular flexibility index (Phi) is 9.49. The summed E-state index contributed by atoms with van der Waals surface area (Å²) < 4.78 is 53.8. The lowest BCUT2D eigenvalue weighted by Gasteiger charge is -2.61. The highest BCUT2D eigenvalue weighted by Crippen LogP contribution is 2.65. The molecule has 13 nitrogen and oxygen atoms in total. The number of aliphatic carboxylic acids is 1. The van der Waals surface area contributed by atoms with E-state index >= 15 is 0 Å². The number of carboxylic acid groups (broad SMARTS) is 1. The van der Waals surface area contributed by atoms with E-state index in [4.69, 9.17) is 23.7 Å². The first-order chi connectivity index (χ1) is 23.0. The first-order valence-electron chi connectivity index (χ1n) is 15.1. The number of carbonyl (C=O) groups excluding carboxylic acids is 4. The third-order valence-corrected chi connectivity index (χ3v) is 9.19. The van der Waals surface area contributed by atoms with E-state index in [1.165, 1.54) is 12.1 Å². The van der Waals surface area contributed by atoms with Crippen LogP contribution in [0.3, 0.4) is 0 Å². The number of benzene rings is 2. The summed E-state index contributed by atoms with van der Waals surface area (Å²) in [6, 6.07) is 11.1. The number of esters is 3. The lowest BCUT2D eigenvalue weighted by atomic mass is 9.50. The number of likely N-dealkylation sites (tertiary alicyclic amines) is 1. The van der Waals surface area contributed by atoms with Gasteiger partial charge in [-0.1, -0.05) is 36.4 Å². The predicted molar refractivity (Wildman–Crippen MR) is 158 cm³/mol. The molecule has 49 heavy (non-hydrogen) atoms. The predicted octanol–water partition coefficient (Wildman–Crippen LogP) is 2.65. The van der Waals surface area contributed by atoms with Crippen LogP contribution in [-0.4, -0.2) is 94.0 Å². The first kappa shape index (κ1) is 35.3. The summed E-state index contributed by atoms with van der Waals surface area (Å²) in [7, 11) is 1.96. The fraction of sp³-hybridized carbons (Fsp3) is 0.424. The molecule has 1 saturated heterocycles. The highest BCUT2D eigenvalue weighted by Gasteiger charge is 2.72. The molecule has 0 radical (unpaired) electrons. The number of piperidine rings is 1. The Balaban J connectivity index is 0.000000717. The molecule has 2 aromatic carbocycles. The largest absolute Gasteiger partial charge is 0.504 e. The van der Waals surface area contributed by atoms with Crippen LogP contribution in [0.5, 0.6) is 11.5 Å². The number of ether oxygens (including phenoxy) is 4. The van der Waals surface area contributed by atoms with Gasteiger partial charge in [0.05, 0.1) is 17.4 Å². The number of carbonyl (C=O) groups is 5. The van der Waals surface area contributed by atoms with Gasteiger partial charge in [-0.2, -0.15) is 13.2 Å². The van der Waals surface area contributed by atoms with Gasteiger partial charge in [-0.15, -0.1) is 0 Å². The van der Waals surface area contributed by atoms with Gasteiger partial charge in [0, 0.05) is 30.5 Å². The molecule has 3 N–H and O–H groups in total. The van der Waals surface area contributed by atoms with Crippen LogP contribution >= 0.6 is 0 Å². The van der Waals surface area contributed by atoms with Crippen molar-refractivity contribution in [1.82, 2.24) is 4.90 Å². The van der Waals surface area contributed by atoms with Crippen molar-refractivity contribution < 1.29 is 71.4 Å². The molecule has 4 aliphatic rings. The van der Waals surface area contributed by atoms with Crippen molar-refractivity contribution in [2.75, 3.05) is 13.6 Å². The van der Waals surface area contributed by atoms with Crippen molar-refractivity contribution in [3.05, 3.63) is 71.0 Å². The molecule has 1 fully saturated rings. The van der Waals surface area contributed by atoms with Gasteiger partial charge in [-0.05, 0) is 44.1 Å². The van der Waals surface area contributed by atoms with E-state index in [-0.39, 0.29) is 35.3 Å². The van der Waals surface area contributed by atoms with Crippen molar-refractivity contribution >= 4 is 30.2 Å². The minimum Gasteiger partial charge on any atom is -0.504 e. The van der Waals surface area contributed by atoms with Crippen molar-refractivity contribution in [2.45, 2.75) is 74.2 Å². The van der Waals surface area contributed by atoms with Crippen LogP contribution in [0.15, 0.2) is 54.3 Å². The van der Waals surface area contributed by atoms with Crippen LogP contribution in [0, 0.1) is 0 Å². The van der Waals surface area contributed by atoms with E-state index in [9.17, 15) is 47.7 Å². The Hall–Kier alpha value is -4.96. The van der Waals surface area contributed by atoms with Crippen molar-refractivity contribution in [2.24, 2.45) is 0 Å². The van der Waals surface area contributed by atoms with Crippen molar-refractivity contribution in [3.63, 3.8) is 0 Å². The van der Waals surface area contributed by atoms with E-state index in [0.29, 0.717) is 19.4 Å². The zero-order valence-electron chi connectivity index (χ0n) is 26.1. The van der Waals surface area contributed by atoms with Crippen LogP contribution in [0.25, 0.3) is 0 Å². The van der Waals surface area contributed by atoms with Gasteiger partial charge in [0.25, 0.3) is 0 Å². The second-order valence-electron chi connectivity index (χ2n) is 12.1. The number of halogens is 3. The number of phenolic OH excluding ortho intramolecular Hbond substituents is 1. The summed E-state index contributed by atoms with van der Waals surface area (Å²) in [6.45, 7) is 1.65. The Morgan fingerprint density at radius 3 is 2.39 bits per heavy atom. The van der Waals surface area contributed by atoms with E-state index in [1.807, 2.05) is 13.1 Å². The number of carboxylic acids is 1. The lowest BCUT2D eigenvalue weighted by Crippen LogP contribution is -2.74. The third kappa shape index (κ3) is 6.45. The molecule has 0 amide bonds. The minimum atomic E-state index is -4.64. The third-order valence-electron chi connectivity index (χ3n) is 9.19. The number of hydrogen-bond donors (Lipinski definition) is 3. The summed E-state index contributed by atoms with van der Waals surface area (Å²) >= 11 is 0. The molecular formula is C33H32F3NO12. The first-order valence-corrected chi connectivity index (χ1v) is 15.1. The quantitative estimate of drug-likeness (QED) is 0.209. The molecule has 2 aliphatic carbocycles.